The number of rotatable bonds is 5. The number of nitrogens with one attached hydrogen (secondary N) is 2. The Morgan fingerprint density at radius 3 is 2.39 bits per heavy atom. The van der Waals surface area contributed by atoms with Crippen molar-refractivity contribution in [1.82, 2.24) is 10.2 Å². The smallest absolute Gasteiger partial charge is 0.255 e. The third kappa shape index (κ3) is 5.53. The van der Waals surface area contributed by atoms with E-state index in [1.54, 1.807) is 0 Å². The van der Waals surface area contributed by atoms with E-state index in [4.69, 9.17) is 12.2 Å². The van der Waals surface area contributed by atoms with Crippen molar-refractivity contribution in [2.75, 3.05) is 12.4 Å². The molecular weight excluding hydrogens is 370 g/mol. The normalized spacial score (nSPS) is 17.9. The number of carbonyl (C=O) groups excluding carboxylic acids is 2. The van der Waals surface area contributed by atoms with Crippen LogP contribution in [-0.4, -0.2) is 34.9 Å². The Hall–Kier alpha value is -1.95. The predicted molar refractivity (Wildman–Crippen MR) is 116 cm³/mol. The second kappa shape index (κ2) is 10.0. The molecule has 0 atom stereocenters. The molecule has 0 spiro atoms. The van der Waals surface area contributed by atoms with Crippen molar-refractivity contribution in [1.29, 1.82) is 0 Å². The van der Waals surface area contributed by atoms with Crippen molar-refractivity contribution in [3.8, 4) is 0 Å². The van der Waals surface area contributed by atoms with E-state index >= 15 is 0 Å². The van der Waals surface area contributed by atoms with Crippen LogP contribution >= 0.6 is 12.2 Å². The molecule has 0 aliphatic heterocycles. The molecule has 2 aliphatic carbocycles. The highest BCUT2D eigenvalue weighted by atomic mass is 32.1. The summed E-state index contributed by atoms with van der Waals surface area (Å²) in [6.07, 6.45) is 10.9. The maximum Gasteiger partial charge on any atom is 0.255 e. The van der Waals surface area contributed by atoms with Crippen LogP contribution in [-0.2, 0) is 4.79 Å². The Balaban J connectivity index is 1.60. The third-order valence-electron chi connectivity index (χ3n) is 6.05. The van der Waals surface area contributed by atoms with E-state index in [1.807, 2.05) is 36.2 Å². The summed E-state index contributed by atoms with van der Waals surface area (Å²) >= 11 is 5.32. The molecule has 1 aromatic rings. The Morgan fingerprint density at radius 1 is 1.04 bits per heavy atom. The van der Waals surface area contributed by atoms with Gasteiger partial charge in [-0.25, -0.2) is 0 Å². The monoisotopic (exact) mass is 401 g/mol. The Morgan fingerprint density at radius 2 is 1.68 bits per heavy atom. The van der Waals surface area contributed by atoms with Gasteiger partial charge < -0.3 is 15.5 Å². The minimum atomic E-state index is -0.0486. The van der Waals surface area contributed by atoms with E-state index < -0.39 is 0 Å². The van der Waals surface area contributed by atoms with E-state index in [-0.39, 0.29) is 16.9 Å². The molecule has 0 bridgehead atoms. The second-order valence-corrected chi connectivity index (χ2v) is 8.52. The summed E-state index contributed by atoms with van der Waals surface area (Å²) < 4.78 is 0. The molecule has 2 saturated carbocycles. The van der Waals surface area contributed by atoms with Gasteiger partial charge in [-0.2, -0.15) is 0 Å². The highest BCUT2D eigenvalue weighted by Crippen LogP contribution is 2.27. The number of benzene rings is 1. The average molecular weight is 402 g/mol. The first-order chi connectivity index (χ1) is 13.5. The summed E-state index contributed by atoms with van der Waals surface area (Å²) in [6, 6.07) is 7.66. The van der Waals surface area contributed by atoms with Crippen LogP contribution in [0.4, 0.5) is 5.69 Å². The van der Waals surface area contributed by atoms with Crippen LogP contribution in [0.15, 0.2) is 24.3 Å². The van der Waals surface area contributed by atoms with E-state index in [9.17, 15) is 9.59 Å². The van der Waals surface area contributed by atoms with Crippen molar-refractivity contribution in [3.05, 3.63) is 29.8 Å². The molecule has 2 fully saturated rings. The highest BCUT2D eigenvalue weighted by Gasteiger charge is 2.25. The van der Waals surface area contributed by atoms with Gasteiger partial charge in [-0.05, 0) is 56.0 Å². The van der Waals surface area contributed by atoms with Gasteiger partial charge in [0.05, 0.1) is 11.3 Å². The number of anilines is 1. The molecule has 2 N–H and O–H groups in total. The summed E-state index contributed by atoms with van der Waals surface area (Å²) in [7, 11) is 1.89. The maximum absolute atomic E-state index is 13.1. The lowest BCUT2D eigenvalue weighted by atomic mass is 9.94. The zero-order valence-electron chi connectivity index (χ0n) is 16.7. The molecule has 0 unspecified atom stereocenters. The van der Waals surface area contributed by atoms with Crippen LogP contribution in [0.25, 0.3) is 0 Å². The van der Waals surface area contributed by atoms with E-state index in [0.29, 0.717) is 29.6 Å². The fourth-order valence-corrected chi connectivity index (χ4v) is 4.63. The number of carbonyl (C=O) groups is 2. The third-order valence-corrected chi connectivity index (χ3v) is 6.25. The summed E-state index contributed by atoms with van der Waals surface area (Å²) in [5, 5.41) is 6.08. The number of hydrogen-bond donors (Lipinski definition) is 2. The van der Waals surface area contributed by atoms with Crippen molar-refractivity contribution in [2.45, 2.75) is 70.3 Å². The van der Waals surface area contributed by atoms with Crippen LogP contribution in [0, 0.1) is 5.92 Å². The number of nitrogens with zero attached hydrogens (tertiary/aromatic N) is 1. The van der Waals surface area contributed by atoms with Gasteiger partial charge in [0.15, 0.2) is 5.11 Å². The molecule has 3 rings (SSSR count). The predicted octanol–water partition coefficient (Wildman–Crippen LogP) is 4.48. The van der Waals surface area contributed by atoms with Crippen molar-refractivity contribution >= 4 is 34.8 Å². The van der Waals surface area contributed by atoms with Gasteiger partial charge in [0.25, 0.3) is 5.91 Å². The standard InChI is InChI=1S/C22H31N3O2S/c1-25(17-11-3-2-4-12-17)21(27)18-13-7-8-14-19(18)23-22(28)24-20(26)15-16-9-5-6-10-16/h7-8,13-14,16-17H,2-6,9-12,15H2,1H3,(H2,23,24,26,28). The topological polar surface area (TPSA) is 61.4 Å². The first kappa shape index (κ1) is 20.8. The molecule has 0 saturated heterocycles. The van der Waals surface area contributed by atoms with Crippen molar-refractivity contribution < 1.29 is 9.59 Å². The number of amides is 2. The lowest BCUT2D eigenvalue weighted by molar-refractivity contribution is -0.120. The number of hydrogen-bond acceptors (Lipinski definition) is 3. The van der Waals surface area contributed by atoms with E-state index in [2.05, 4.69) is 10.6 Å². The molecular formula is C22H31N3O2S. The SMILES string of the molecule is CN(C(=O)c1ccccc1NC(=S)NC(=O)CC1CCCC1)C1CCCCC1. The largest absolute Gasteiger partial charge is 0.339 e. The summed E-state index contributed by atoms with van der Waals surface area (Å²) in [5.74, 6) is 0.420. The van der Waals surface area contributed by atoms with Crippen molar-refractivity contribution in [2.24, 2.45) is 5.92 Å². The van der Waals surface area contributed by atoms with Gasteiger partial charge in [-0.3, -0.25) is 9.59 Å². The zero-order valence-corrected chi connectivity index (χ0v) is 17.5. The van der Waals surface area contributed by atoms with Crippen LogP contribution in [0.2, 0.25) is 0 Å². The Kier molecular flexibility index (Phi) is 7.43. The molecule has 0 aromatic heterocycles. The molecule has 6 heteroatoms. The molecule has 2 aliphatic rings. The minimum Gasteiger partial charge on any atom is -0.339 e. The maximum atomic E-state index is 13.1. The molecule has 1 aromatic carbocycles. The first-order valence-electron chi connectivity index (χ1n) is 10.5. The van der Waals surface area contributed by atoms with Crippen molar-refractivity contribution in [3.63, 3.8) is 0 Å². The summed E-state index contributed by atoms with van der Waals surface area (Å²) in [5.41, 5.74) is 1.23. The second-order valence-electron chi connectivity index (χ2n) is 8.11. The Bertz CT molecular complexity index is 709. The molecule has 0 heterocycles. The Labute approximate surface area is 173 Å². The van der Waals surface area contributed by atoms with Gasteiger partial charge in [0, 0.05) is 19.5 Å². The summed E-state index contributed by atoms with van der Waals surface area (Å²) in [6.45, 7) is 0. The zero-order chi connectivity index (χ0) is 19.9. The summed E-state index contributed by atoms with van der Waals surface area (Å²) in [4.78, 5) is 27.1. The first-order valence-corrected chi connectivity index (χ1v) is 10.9. The van der Waals surface area contributed by atoms with Gasteiger partial charge in [-0.1, -0.05) is 44.2 Å². The molecule has 2 amide bonds. The number of para-hydroxylation sites is 1. The van der Waals surface area contributed by atoms with Gasteiger partial charge in [-0.15, -0.1) is 0 Å². The van der Waals surface area contributed by atoms with E-state index in [1.165, 1.54) is 32.1 Å². The molecule has 28 heavy (non-hydrogen) atoms. The molecule has 5 nitrogen and oxygen atoms in total. The van der Waals surface area contributed by atoms with E-state index in [0.717, 1.165) is 25.7 Å². The van der Waals surface area contributed by atoms with Gasteiger partial charge in [0.2, 0.25) is 5.91 Å². The highest BCUT2D eigenvalue weighted by molar-refractivity contribution is 7.80. The number of thiocarbonyl (C=S) groups is 1. The van der Waals surface area contributed by atoms with Crippen LogP contribution in [0.3, 0.4) is 0 Å². The molecule has 0 radical (unpaired) electrons. The quantitative estimate of drug-likeness (QED) is 0.714. The average Bonchev–Trinajstić information content (AvgIpc) is 3.20. The van der Waals surface area contributed by atoms with Crippen LogP contribution in [0.5, 0.6) is 0 Å². The lowest BCUT2D eigenvalue weighted by Gasteiger charge is -2.31. The van der Waals surface area contributed by atoms with Crippen LogP contribution in [0.1, 0.15) is 74.6 Å². The van der Waals surface area contributed by atoms with Gasteiger partial charge >= 0.3 is 0 Å². The minimum absolute atomic E-state index is 0.00455. The van der Waals surface area contributed by atoms with Gasteiger partial charge in [0.1, 0.15) is 0 Å². The fourth-order valence-electron chi connectivity index (χ4n) is 4.41. The fraction of sp³-hybridized carbons (Fsp3) is 0.591. The molecule has 152 valence electrons. The lowest BCUT2D eigenvalue weighted by Crippen LogP contribution is -2.39. The van der Waals surface area contributed by atoms with Crippen LogP contribution < -0.4 is 10.6 Å².